The largest absolute Gasteiger partial charge is 0.445 e. The van der Waals surface area contributed by atoms with E-state index in [0.717, 1.165) is 5.56 Å². The number of hydrogen-bond acceptors (Lipinski definition) is 8. The van der Waals surface area contributed by atoms with Crippen molar-refractivity contribution in [2.75, 3.05) is 26.2 Å². The molecule has 1 unspecified atom stereocenters. The van der Waals surface area contributed by atoms with Gasteiger partial charge in [0.15, 0.2) is 6.79 Å². The van der Waals surface area contributed by atoms with Crippen LogP contribution in [0.15, 0.2) is 41.6 Å². The molecule has 1 saturated heterocycles. The highest BCUT2D eigenvalue weighted by molar-refractivity contribution is 8.00. The molecule has 28 heavy (non-hydrogen) atoms. The number of carbonyl (C=O) groups excluding carboxylic acids is 3. The summed E-state index contributed by atoms with van der Waals surface area (Å²) in [5.41, 5.74) is 7.32. The highest BCUT2D eigenvalue weighted by atomic mass is 32.2. The lowest BCUT2D eigenvalue weighted by atomic mass is 10.0. The van der Waals surface area contributed by atoms with E-state index in [-0.39, 0.29) is 36.9 Å². The zero-order chi connectivity index (χ0) is 20.1. The quantitative estimate of drug-likeness (QED) is 0.382. The molecule has 1 fully saturated rings. The number of nitrogens with two attached hydrogens (primary N) is 1. The molecule has 2 aliphatic heterocycles. The molecule has 9 nitrogen and oxygen atoms in total. The predicted molar refractivity (Wildman–Crippen MR) is 101 cm³/mol. The number of carbonyl (C=O) groups is 3. The maximum atomic E-state index is 12.4. The van der Waals surface area contributed by atoms with Gasteiger partial charge in [-0.25, -0.2) is 9.59 Å². The predicted octanol–water partition coefficient (Wildman–Crippen LogP) is 0.556. The summed E-state index contributed by atoms with van der Waals surface area (Å²) in [4.78, 5) is 37.9. The molecule has 150 valence electrons. The standard InChI is InChI=1S/C18H21N3O6S/c1-25-10-27-17(23)14-12(9-28-16-13(19)15(22)21(14)16)7-20-18(24)26-8-11-5-3-2-4-6-11/h2-6,13,16H,7-10,19H2,1H3,(H,20,24)/t13?,16-/m0/s1. The van der Waals surface area contributed by atoms with Gasteiger partial charge in [-0.1, -0.05) is 30.3 Å². The third-order valence-electron chi connectivity index (χ3n) is 4.25. The number of β-lactam (4-membered cyclic amide) rings is 1. The first-order valence-corrected chi connectivity index (χ1v) is 9.60. The molecule has 2 atom stereocenters. The molecule has 0 saturated carbocycles. The van der Waals surface area contributed by atoms with Gasteiger partial charge in [-0.15, -0.1) is 11.8 Å². The molecule has 0 bridgehead atoms. The molecule has 10 heteroatoms. The lowest BCUT2D eigenvalue weighted by molar-refractivity contribution is -0.157. The Morgan fingerprint density at radius 1 is 1.29 bits per heavy atom. The van der Waals surface area contributed by atoms with E-state index in [2.05, 4.69) is 5.32 Å². The number of benzene rings is 1. The van der Waals surface area contributed by atoms with E-state index in [4.69, 9.17) is 19.9 Å². The molecular formula is C18H21N3O6S. The van der Waals surface area contributed by atoms with Crippen LogP contribution in [-0.4, -0.2) is 60.5 Å². The molecule has 0 spiro atoms. The summed E-state index contributed by atoms with van der Waals surface area (Å²) in [5.74, 6) is -0.619. The molecule has 3 N–H and O–H groups in total. The second-order valence-electron chi connectivity index (χ2n) is 6.14. The van der Waals surface area contributed by atoms with Gasteiger partial charge in [0.25, 0.3) is 0 Å². The molecule has 0 aromatic heterocycles. The topological polar surface area (TPSA) is 120 Å². The van der Waals surface area contributed by atoms with Crippen LogP contribution >= 0.6 is 11.8 Å². The Morgan fingerprint density at radius 2 is 2.04 bits per heavy atom. The number of amides is 2. The van der Waals surface area contributed by atoms with E-state index in [0.29, 0.717) is 11.3 Å². The van der Waals surface area contributed by atoms with Gasteiger partial charge in [-0.3, -0.25) is 9.69 Å². The maximum absolute atomic E-state index is 12.4. The average molecular weight is 407 g/mol. The van der Waals surface area contributed by atoms with Crippen LogP contribution < -0.4 is 11.1 Å². The van der Waals surface area contributed by atoms with Crippen LogP contribution in [0.5, 0.6) is 0 Å². The molecule has 3 rings (SSSR count). The summed E-state index contributed by atoms with van der Waals surface area (Å²) in [5, 5.41) is 2.29. The van der Waals surface area contributed by atoms with Crippen LogP contribution in [0, 0.1) is 0 Å². The summed E-state index contributed by atoms with van der Waals surface area (Å²) in [6.07, 6.45) is -0.625. The minimum Gasteiger partial charge on any atom is -0.445 e. The van der Waals surface area contributed by atoms with E-state index in [1.165, 1.54) is 23.8 Å². The van der Waals surface area contributed by atoms with Gasteiger partial charge in [-0.2, -0.15) is 0 Å². The van der Waals surface area contributed by atoms with Gasteiger partial charge in [0, 0.05) is 19.4 Å². The van der Waals surface area contributed by atoms with Crippen LogP contribution in [0.4, 0.5) is 4.79 Å². The Bertz CT molecular complexity index is 785. The number of ether oxygens (including phenoxy) is 3. The number of alkyl carbamates (subject to hydrolysis) is 1. The Labute approximate surface area is 166 Å². The lowest BCUT2D eigenvalue weighted by Crippen LogP contribution is -2.68. The number of rotatable bonds is 7. The number of thioether (sulfide) groups is 1. The van der Waals surface area contributed by atoms with Crippen molar-refractivity contribution >= 4 is 29.7 Å². The smallest absolute Gasteiger partial charge is 0.407 e. The Hall–Kier alpha value is -2.56. The second kappa shape index (κ2) is 9.09. The number of fused-ring (bicyclic) bond motifs is 1. The minimum absolute atomic E-state index is 0.0454. The van der Waals surface area contributed by atoms with E-state index >= 15 is 0 Å². The number of methoxy groups -OCH3 is 1. The van der Waals surface area contributed by atoms with Gasteiger partial charge in [-0.05, 0) is 11.1 Å². The molecule has 0 aliphatic carbocycles. The molecule has 1 aromatic carbocycles. The van der Waals surface area contributed by atoms with Crippen molar-refractivity contribution in [1.82, 2.24) is 10.2 Å². The zero-order valence-corrected chi connectivity index (χ0v) is 16.1. The van der Waals surface area contributed by atoms with Gasteiger partial charge < -0.3 is 25.3 Å². The lowest BCUT2D eigenvalue weighted by Gasteiger charge is -2.48. The second-order valence-corrected chi connectivity index (χ2v) is 7.25. The van der Waals surface area contributed by atoms with Crippen molar-refractivity contribution in [3.05, 3.63) is 47.2 Å². The fourth-order valence-corrected chi connectivity index (χ4v) is 4.13. The minimum atomic E-state index is -0.693. The summed E-state index contributed by atoms with van der Waals surface area (Å²) < 4.78 is 14.9. The number of hydrogen-bond donors (Lipinski definition) is 2. The summed E-state index contributed by atoms with van der Waals surface area (Å²) in [6, 6.07) is 8.61. The first-order chi connectivity index (χ1) is 13.5. The molecule has 2 heterocycles. The average Bonchev–Trinajstić information content (AvgIpc) is 2.73. The van der Waals surface area contributed by atoms with Crippen molar-refractivity contribution in [2.45, 2.75) is 18.0 Å². The Balaban J connectivity index is 1.64. The summed E-state index contributed by atoms with van der Waals surface area (Å²) in [7, 11) is 1.39. The van der Waals surface area contributed by atoms with Crippen molar-refractivity contribution in [3.63, 3.8) is 0 Å². The first-order valence-electron chi connectivity index (χ1n) is 8.55. The van der Waals surface area contributed by atoms with Gasteiger partial charge in [0.1, 0.15) is 23.7 Å². The molecule has 2 aliphatic rings. The first kappa shape index (κ1) is 20.2. The zero-order valence-electron chi connectivity index (χ0n) is 15.3. The van der Waals surface area contributed by atoms with Crippen molar-refractivity contribution in [2.24, 2.45) is 5.73 Å². The van der Waals surface area contributed by atoms with Crippen LogP contribution in [0.2, 0.25) is 0 Å². The highest BCUT2D eigenvalue weighted by Crippen LogP contribution is 2.39. The molecule has 1 aromatic rings. The van der Waals surface area contributed by atoms with E-state index in [9.17, 15) is 14.4 Å². The van der Waals surface area contributed by atoms with Crippen molar-refractivity contribution in [1.29, 1.82) is 0 Å². The van der Waals surface area contributed by atoms with E-state index in [1.807, 2.05) is 30.3 Å². The number of esters is 1. The van der Waals surface area contributed by atoms with Crippen LogP contribution in [0.25, 0.3) is 0 Å². The molecule has 2 amide bonds. The summed E-state index contributed by atoms with van der Waals surface area (Å²) in [6.45, 7) is -0.0669. The number of nitrogens with zero attached hydrogens (tertiary/aromatic N) is 1. The molecule has 0 radical (unpaired) electrons. The molecular weight excluding hydrogens is 386 g/mol. The van der Waals surface area contributed by atoms with Crippen LogP contribution in [0.3, 0.4) is 0 Å². The fraction of sp³-hybridized carbons (Fsp3) is 0.389. The SMILES string of the molecule is COCOC(=O)C1=C(CNC(=O)OCc2ccccc2)CS[C@H]2C(N)C(=O)N12. The fourth-order valence-electron chi connectivity index (χ4n) is 2.84. The van der Waals surface area contributed by atoms with Gasteiger partial charge in [0.05, 0.1) is 0 Å². The van der Waals surface area contributed by atoms with Gasteiger partial charge >= 0.3 is 12.1 Å². The third kappa shape index (κ3) is 4.29. The van der Waals surface area contributed by atoms with Gasteiger partial charge in [0.2, 0.25) is 5.91 Å². The number of nitrogens with one attached hydrogen (secondary N) is 1. The van der Waals surface area contributed by atoms with E-state index in [1.54, 1.807) is 0 Å². The van der Waals surface area contributed by atoms with Crippen LogP contribution in [-0.2, 0) is 30.4 Å². The summed E-state index contributed by atoms with van der Waals surface area (Å²) >= 11 is 1.43. The Morgan fingerprint density at radius 3 is 2.75 bits per heavy atom. The highest BCUT2D eigenvalue weighted by Gasteiger charge is 2.52. The third-order valence-corrected chi connectivity index (χ3v) is 5.61. The monoisotopic (exact) mass is 407 g/mol. The van der Waals surface area contributed by atoms with E-state index < -0.39 is 18.1 Å². The Kier molecular flexibility index (Phi) is 6.55. The van der Waals surface area contributed by atoms with Crippen LogP contribution in [0.1, 0.15) is 5.56 Å². The van der Waals surface area contributed by atoms with Crippen molar-refractivity contribution in [3.8, 4) is 0 Å². The maximum Gasteiger partial charge on any atom is 0.407 e. The normalized spacial score (nSPS) is 20.9. The van der Waals surface area contributed by atoms with Crippen molar-refractivity contribution < 1.29 is 28.6 Å².